The molecular formula is C39H50N10O4. The van der Waals surface area contributed by atoms with Gasteiger partial charge < -0.3 is 30.5 Å². The van der Waals surface area contributed by atoms with Gasteiger partial charge in [-0.3, -0.25) is 9.59 Å². The standard InChI is InChI=1S/C39H50N10O4/c1-39(2,3)53-38(52)41-25-26-8-10-29(11-9-26)36(50)43-33(37(51)42-32-14-12-28(13-15-32)35-44-46-47-45-35)23-27-6-5-7-30(22-27)31-16-17-40-34(24-31)49-20-18-48(4)19-21-49/h5-7,12-17,22,24,26,29,33H,8-11,18-21,23,25H2,1-4H3,(H,41,52)(H,42,51)(H,43,50)(H,44,45,46,47)/t26?,29?,33-/m0/s1. The van der Waals surface area contributed by atoms with Crippen LogP contribution in [0.25, 0.3) is 22.5 Å². The average molecular weight is 723 g/mol. The molecule has 4 aromatic rings. The van der Waals surface area contributed by atoms with Crippen molar-refractivity contribution in [1.82, 2.24) is 41.1 Å². The zero-order valence-corrected chi connectivity index (χ0v) is 31.0. The monoisotopic (exact) mass is 722 g/mol. The molecule has 3 heterocycles. The van der Waals surface area contributed by atoms with E-state index in [0.717, 1.165) is 67.1 Å². The van der Waals surface area contributed by atoms with Crippen molar-refractivity contribution in [3.63, 3.8) is 0 Å². The number of rotatable bonds is 11. The van der Waals surface area contributed by atoms with Crippen molar-refractivity contribution in [2.24, 2.45) is 11.8 Å². The van der Waals surface area contributed by atoms with Crippen LogP contribution in [0.5, 0.6) is 0 Å². The summed E-state index contributed by atoms with van der Waals surface area (Å²) in [7, 11) is 2.13. The molecule has 14 heteroatoms. The minimum absolute atomic E-state index is 0.140. The maximum atomic E-state index is 13.9. The average Bonchev–Trinajstić information content (AvgIpc) is 3.69. The molecule has 1 atom stereocenters. The molecule has 3 amide bonds. The van der Waals surface area contributed by atoms with E-state index in [1.807, 2.05) is 45.2 Å². The summed E-state index contributed by atoms with van der Waals surface area (Å²) in [4.78, 5) is 49.1. The third-order valence-corrected chi connectivity index (χ3v) is 9.81. The fourth-order valence-corrected chi connectivity index (χ4v) is 6.81. The van der Waals surface area contributed by atoms with Gasteiger partial charge in [-0.2, -0.15) is 5.21 Å². The molecule has 1 saturated carbocycles. The van der Waals surface area contributed by atoms with Crippen LogP contribution in [0.15, 0.2) is 66.9 Å². The minimum atomic E-state index is -0.820. The zero-order valence-electron chi connectivity index (χ0n) is 31.0. The first-order valence-electron chi connectivity index (χ1n) is 18.4. The van der Waals surface area contributed by atoms with Gasteiger partial charge in [-0.1, -0.05) is 24.3 Å². The number of hydrogen-bond acceptors (Lipinski definition) is 10. The summed E-state index contributed by atoms with van der Waals surface area (Å²) in [5, 5.41) is 23.0. The van der Waals surface area contributed by atoms with Gasteiger partial charge in [0.15, 0.2) is 0 Å². The Hall–Kier alpha value is -5.37. The van der Waals surface area contributed by atoms with Crippen LogP contribution < -0.4 is 20.9 Å². The lowest BCUT2D eigenvalue weighted by molar-refractivity contribution is -0.130. The number of ether oxygens (including phenoxy) is 1. The van der Waals surface area contributed by atoms with Gasteiger partial charge in [0, 0.05) is 62.5 Å². The van der Waals surface area contributed by atoms with Gasteiger partial charge in [-0.25, -0.2) is 9.78 Å². The number of nitrogens with zero attached hydrogens (tertiary/aromatic N) is 6. The third kappa shape index (κ3) is 10.6. The first-order valence-corrected chi connectivity index (χ1v) is 18.4. The van der Waals surface area contributed by atoms with Gasteiger partial charge >= 0.3 is 6.09 Å². The number of likely N-dealkylation sites (N-methyl/N-ethyl adjacent to an activating group) is 1. The summed E-state index contributed by atoms with van der Waals surface area (Å²) in [6.45, 7) is 9.84. The quantitative estimate of drug-likeness (QED) is 0.171. The van der Waals surface area contributed by atoms with E-state index in [1.54, 1.807) is 24.3 Å². The summed E-state index contributed by atoms with van der Waals surface area (Å²) in [6, 6.07) is 18.6. The largest absolute Gasteiger partial charge is 0.444 e. The van der Waals surface area contributed by atoms with Crippen LogP contribution in [0.3, 0.4) is 0 Å². The number of amides is 3. The highest BCUT2D eigenvalue weighted by atomic mass is 16.6. The first-order chi connectivity index (χ1) is 25.5. The van der Waals surface area contributed by atoms with Crippen molar-refractivity contribution in [3.05, 3.63) is 72.4 Å². The molecule has 0 radical (unpaired) electrons. The molecule has 4 N–H and O–H groups in total. The summed E-state index contributed by atoms with van der Waals surface area (Å²) < 4.78 is 5.37. The Morgan fingerprint density at radius 2 is 1.66 bits per heavy atom. The number of hydrogen-bond donors (Lipinski definition) is 4. The molecular weight excluding hydrogens is 672 g/mol. The second-order valence-electron chi connectivity index (χ2n) is 15.1. The fraction of sp³-hybridized carbons (Fsp3) is 0.462. The van der Waals surface area contributed by atoms with Gasteiger partial charge in [0.25, 0.3) is 0 Å². The van der Waals surface area contributed by atoms with Crippen molar-refractivity contribution in [1.29, 1.82) is 0 Å². The molecule has 6 rings (SSSR count). The summed E-state index contributed by atoms with van der Waals surface area (Å²) >= 11 is 0. The Morgan fingerprint density at radius 1 is 0.925 bits per heavy atom. The van der Waals surface area contributed by atoms with Gasteiger partial charge in [0.1, 0.15) is 17.5 Å². The number of H-pyrrole nitrogens is 1. The molecule has 53 heavy (non-hydrogen) atoms. The molecule has 2 aromatic carbocycles. The Labute approximate surface area is 310 Å². The van der Waals surface area contributed by atoms with Crippen molar-refractivity contribution in [3.8, 4) is 22.5 Å². The number of aromatic amines is 1. The normalized spacial score (nSPS) is 18.5. The first kappa shape index (κ1) is 37.4. The maximum Gasteiger partial charge on any atom is 0.407 e. The number of aromatic nitrogens is 5. The van der Waals surface area contributed by atoms with Gasteiger partial charge in [0.05, 0.1) is 0 Å². The SMILES string of the molecule is CN1CCN(c2cc(-c3cccc(C[C@H](NC(=O)C4CCC(CNC(=O)OC(C)(C)C)CC4)C(=O)Nc4ccc(-c5nn[nH]n5)cc4)c3)ccn2)CC1. The smallest absolute Gasteiger partial charge is 0.407 e. The van der Waals surface area contributed by atoms with Crippen molar-refractivity contribution < 1.29 is 19.1 Å². The lowest BCUT2D eigenvalue weighted by atomic mass is 9.81. The molecule has 2 aromatic heterocycles. The lowest BCUT2D eigenvalue weighted by Crippen LogP contribution is -2.48. The van der Waals surface area contributed by atoms with Crippen molar-refractivity contribution in [2.75, 3.05) is 50.0 Å². The van der Waals surface area contributed by atoms with Gasteiger partial charge in [-0.05, 0) is 118 Å². The maximum absolute atomic E-state index is 13.9. The molecule has 1 aliphatic carbocycles. The molecule has 0 bridgehead atoms. The Balaban J connectivity index is 1.13. The zero-order chi connectivity index (χ0) is 37.4. The van der Waals surface area contributed by atoms with Crippen LogP contribution in [0, 0.1) is 11.8 Å². The van der Waals surface area contributed by atoms with E-state index < -0.39 is 17.7 Å². The fourth-order valence-electron chi connectivity index (χ4n) is 6.81. The van der Waals surface area contributed by atoms with Crippen LogP contribution in [0.1, 0.15) is 52.0 Å². The van der Waals surface area contributed by atoms with Crippen LogP contribution in [0.4, 0.5) is 16.3 Å². The number of anilines is 2. The Morgan fingerprint density at radius 3 is 2.36 bits per heavy atom. The highest BCUT2D eigenvalue weighted by molar-refractivity contribution is 5.97. The number of alkyl carbamates (subject to hydrolysis) is 1. The lowest BCUT2D eigenvalue weighted by Gasteiger charge is -2.33. The van der Waals surface area contributed by atoms with Crippen LogP contribution in [-0.4, -0.2) is 99.8 Å². The van der Waals surface area contributed by atoms with E-state index in [9.17, 15) is 14.4 Å². The molecule has 280 valence electrons. The number of carbonyl (C=O) groups is 3. The third-order valence-electron chi connectivity index (χ3n) is 9.81. The van der Waals surface area contributed by atoms with E-state index in [2.05, 4.69) is 76.6 Å². The van der Waals surface area contributed by atoms with Crippen molar-refractivity contribution >= 4 is 29.4 Å². The predicted octanol–water partition coefficient (Wildman–Crippen LogP) is 4.68. The van der Waals surface area contributed by atoms with E-state index in [-0.39, 0.29) is 23.7 Å². The molecule has 0 unspecified atom stereocenters. The molecule has 1 aliphatic heterocycles. The molecule has 2 fully saturated rings. The van der Waals surface area contributed by atoms with E-state index in [0.29, 0.717) is 37.3 Å². The Bertz CT molecular complexity index is 1830. The number of nitrogens with one attached hydrogen (secondary N) is 4. The van der Waals surface area contributed by atoms with Crippen LogP contribution >= 0.6 is 0 Å². The van der Waals surface area contributed by atoms with Crippen molar-refractivity contribution in [2.45, 2.75) is 64.5 Å². The number of piperazine rings is 1. The molecule has 1 saturated heterocycles. The molecule has 2 aliphatic rings. The van der Waals surface area contributed by atoms with Crippen LogP contribution in [0.2, 0.25) is 0 Å². The van der Waals surface area contributed by atoms with E-state index in [1.165, 1.54) is 0 Å². The van der Waals surface area contributed by atoms with E-state index in [4.69, 9.17) is 4.74 Å². The number of pyridine rings is 1. The molecule has 0 spiro atoms. The topological polar surface area (TPSA) is 170 Å². The summed E-state index contributed by atoms with van der Waals surface area (Å²) in [5.74, 6) is 0.979. The summed E-state index contributed by atoms with van der Waals surface area (Å²) in [5.41, 5.74) is 3.76. The van der Waals surface area contributed by atoms with E-state index >= 15 is 0 Å². The van der Waals surface area contributed by atoms with Crippen LogP contribution in [-0.2, 0) is 20.7 Å². The predicted molar refractivity (Wildman–Crippen MR) is 203 cm³/mol. The van der Waals surface area contributed by atoms with Gasteiger partial charge in [-0.15, -0.1) is 10.2 Å². The Kier molecular flexibility index (Phi) is 12.0. The van der Waals surface area contributed by atoms with Gasteiger partial charge in [0.2, 0.25) is 17.6 Å². The second-order valence-corrected chi connectivity index (χ2v) is 15.1. The number of benzene rings is 2. The molecule has 14 nitrogen and oxygen atoms in total. The summed E-state index contributed by atoms with van der Waals surface area (Å²) in [6.07, 6.45) is 4.65. The number of carbonyl (C=O) groups excluding carboxylic acids is 3. The highest BCUT2D eigenvalue weighted by Crippen LogP contribution is 2.30. The second kappa shape index (κ2) is 17.0. The number of tetrazole rings is 1. The minimum Gasteiger partial charge on any atom is -0.444 e. The highest BCUT2D eigenvalue weighted by Gasteiger charge is 2.30.